The Morgan fingerprint density at radius 1 is 1.30 bits per heavy atom. The summed E-state index contributed by atoms with van der Waals surface area (Å²) in [5.41, 5.74) is 0.868. The molecule has 1 aromatic carbocycles. The normalized spacial score (nSPS) is 15.8. The van der Waals surface area contributed by atoms with Crippen LogP contribution in [0, 0.1) is 0 Å². The highest BCUT2D eigenvalue weighted by molar-refractivity contribution is 9.10. The molecule has 23 heavy (non-hydrogen) atoms. The fourth-order valence-corrected chi connectivity index (χ4v) is 3.90. The van der Waals surface area contributed by atoms with Crippen LogP contribution in [0.1, 0.15) is 19.8 Å². The Kier molecular flexibility index (Phi) is 4.91. The molecule has 0 aliphatic carbocycles. The number of carbonyl (C=O) groups is 1. The largest absolute Gasteiger partial charge is 0.342 e. The summed E-state index contributed by atoms with van der Waals surface area (Å²) < 4.78 is 2.34. The monoisotopic (exact) mass is 395 g/mol. The second-order valence-electron chi connectivity index (χ2n) is 5.45. The number of thioether (sulfide) groups is 1. The molecular weight excluding hydrogens is 378 g/mol. The van der Waals surface area contributed by atoms with Gasteiger partial charge in [0, 0.05) is 23.1 Å². The first kappa shape index (κ1) is 16.3. The molecule has 1 aromatic heterocycles. The second-order valence-corrected chi connectivity index (χ2v) is 7.61. The number of nitrogens with two attached hydrogens (primary N) is 1. The molecule has 0 bridgehead atoms. The molecule has 2 aromatic rings. The van der Waals surface area contributed by atoms with Crippen LogP contribution in [0.4, 0.5) is 0 Å². The van der Waals surface area contributed by atoms with E-state index in [1.165, 1.54) is 16.4 Å². The predicted octanol–water partition coefficient (Wildman–Crippen LogP) is 2.52. The molecular formula is C15H18BrN5OS. The number of rotatable bonds is 4. The van der Waals surface area contributed by atoms with E-state index in [9.17, 15) is 4.79 Å². The summed E-state index contributed by atoms with van der Waals surface area (Å²) in [6.45, 7) is 3.58. The number of benzene rings is 1. The lowest BCUT2D eigenvalue weighted by atomic mass is 10.2. The highest BCUT2D eigenvalue weighted by Gasteiger charge is 2.26. The fraction of sp³-hybridized carbons (Fsp3) is 0.400. The van der Waals surface area contributed by atoms with Crippen molar-refractivity contribution in [1.29, 1.82) is 0 Å². The molecule has 6 nitrogen and oxygen atoms in total. The zero-order valence-corrected chi connectivity index (χ0v) is 15.2. The molecule has 3 rings (SSSR count). The standard InChI is InChI=1S/C15H18BrN5OS/c1-10(14(22)20-8-4-5-9-20)23-15-19-18-13(21(15)17)11-6-2-3-7-12(11)16/h2-3,6-7,10H,4-5,8-9,17H2,1H3. The van der Waals surface area contributed by atoms with Gasteiger partial charge in [-0.25, -0.2) is 4.68 Å². The van der Waals surface area contributed by atoms with Crippen molar-refractivity contribution in [1.82, 2.24) is 19.8 Å². The van der Waals surface area contributed by atoms with Gasteiger partial charge in [0.25, 0.3) is 0 Å². The average molecular weight is 396 g/mol. The Morgan fingerprint density at radius 3 is 2.70 bits per heavy atom. The zero-order chi connectivity index (χ0) is 16.4. The SMILES string of the molecule is CC(Sc1nnc(-c2ccccc2Br)n1N)C(=O)N1CCCC1. The predicted molar refractivity (Wildman–Crippen MR) is 94.4 cm³/mol. The van der Waals surface area contributed by atoms with Crippen LogP contribution in [0.5, 0.6) is 0 Å². The number of halogens is 1. The third kappa shape index (κ3) is 3.37. The Hall–Kier alpha value is -1.54. The van der Waals surface area contributed by atoms with Gasteiger partial charge in [0.1, 0.15) is 0 Å². The van der Waals surface area contributed by atoms with E-state index in [0.717, 1.165) is 36.0 Å². The first-order chi connectivity index (χ1) is 11.1. The highest BCUT2D eigenvalue weighted by Crippen LogP contribution is 2.29. The maximum Gasteiger partial charge on any atom is 0.235 e. The number of aromatic nitrogens is 3. The van der Waals surface area contributed by atoms with E-state index >= 15 is 0 Å². The van der Waals surface area contributed by atoms with Crippen molar-refractivity contribution in [3.05, 3.63) is 28.7 Å². The number of carbonyl (C=O) groups excluding carboxylic acids is 1. The van der Waals surface area contributed by atoms with Gasteiger partial charge in [-0.05, 0) is 31.9 Å². The van der Waals surface area contributed by atoms with Crippen LogP contribution in [0.3, 0.4) is 0 Å². The molecule has 2 heterocycles. The summed E-state index contributed by atoms with van der Waals surface area (Å²) in [6, 6.07) is 7.69. The van der Waals surface area contributed by atoms with E-state index in [1.807, 2.05) is 36.1 Å². The Bertz CT molecular complexity index is 714. The van der Waals surface area contributed by atoms with Crippen molar-refractivity contribution in [3.8, 4) is 11.4 Å². The summed E-state index contributed by atoms with van der Waals surface area (Å²) in [5, 5.41) is 8.62. The van der Waals surface area contributed by atoms with Crippen LogP contribution in [-0.2, 0) is 4.79 Å². The maximum atomic E-state index is 12.4. The van der Waals surface area contributed by atoms with E-state index < -0.39 is 0 Å². The van der Waals surface area contributed by atoms with Crippen LogP contribution >= 0.6 is 27.7 Å². The summed E-state index contributed by atoms with van der Waals surface area (Å²) in [6.07, 6.45) is 2.17. The average Bonchev–Trinajstić information content (AvgIpc) is 3.19. The van der Waals surface area contributed by atoms with Crippen LogP contribution in [0.2, 0.25) is 0 Å². The highest BCUT2D eigenvalue weighted by atomic mass is 79.9. The fourth-order valence-electron chi connectivity index (χ4n) is 2.59. The van der Waals surface area contributed by atoms with Gasteiger partial charge < -0.3 is 10.7 Å². The molecule has 122 valence electrons. The summed E-state index contributed by atoms with van der Waals surface area (Å²) >= 11 is 4.84. The first-order valence-electron chi connectivity index (χ1n) is 7.48. The molecule has 0 saturated carbocycles. The van der Waals surface area contributed by atoms with Crippen molar-refractivity contribution in [3.63, 3.8) is 0 Å². The topological polar surface area (TPSA) is 77.0 Å². The van der Waals surface area contributed by atoms with Crippen LogP contribution in [-0.4, -0.2) is 44.0 Å². The number of hydrogen-bond acceptors (Lipinski definition) is 5. The van der Waals surface area contributed by atoms with Crippen molar-refractivity contribution < 1.29 is 4.79 Å². The van der Waals surface area contributed by atoms with Crippen LogP contribution < -0.4 is 5.84 Å². The summed E-state index contributed by atoms with van der Waals surface area (Å²) in [4.78, 5) is 14.3. The number of nitrogens with zero attached hydrogens (tertiary/aromatic N) is 4. The number of hydrogen-bond donors (Lipinski definition) is 1. The number of likely N-dealkylation sites (tertiary alicyclic amines) is 1. The summed E-state index contributed by atoms with van der Waals surface area (Å²) in [7, 11) is 0. The van der Waals surface area contributed by atoms with Crippen molar-refractivity contribution >= 4 is 33.6 Å². The van der Waals surface area contributed by atoms with Gasteiger partial charge in [0.15, 0.2) is 5.82 Å². The maximum absolute atomic E-state index is 12.4. The second kappa shape index (κ2) is 6.92. The van der Waals surface area contributed by atoms with Crippen LogP contribution in [0.15, 0.2) is 33.9 Å². The molecule has 1 aliphatic rings. The van der Waals surface area contributed by atoms with Gasteiger partial charge >= 0.3 is 0 Å². The number of nitrogen functional groups attached to an aromatic ring is 1. The third-order valence-electron chi connectivity index (χ3n) is 3.83. The van der Waals surface area contributed by atoms with E-state index in [4.69, 9.17) is 5.84 Å². The molecule has 0 radical (unpaired) electrons. The van der Waals surface area contributed by atoms with Crippen molar-refractivity contribution in [2.24, 2.45) is 0 Å². The minimum Gasteiger partial charge on any atom is -0.342 e. The Labute approximate surface area is 147 Å². The first-order valence-corrected chi connectivity index (χ1v) is 9.16. The number of amides is 1. The lowest BCUT2D eigenvalue weighted by Crippen LogP contribution is -2.34. The summed E-state index contributed by atoms with van der Waals surface area (Å²) in [5.74, 6) is 6.84. The smallest absolute Gasteiger partial charge is 0.235 e. The molecule has 8 heteroatoms. The molecule has 1 atom stereocenters. The molecule has 2 N–H and O–H groups in total. The molecule has 1 aliphatic heterocycles. The minimum atomic E-state index is -0.230. The lowest BCUT2D eigenvalue weighted by molar-refractivity contribution is -0.129. The van der Waals surface area contributed by atoms with E-state index in [0.29, 0.717) is 11.0 Å². The van der Waals surface area contributed by atoms with Crippen molar-refractivity contribution in [2.45, 2.75) is 30.2 Å². The third-order valence-corrected chi connectivity index (χ3v) is 5.56. The van der Waals surface area contributed by atoms with Gasteiger partial charge in [-0.1, -0.05) is 39.8 Å². The van der Waals surface area contributed by atoms with Gasteiger partial charge in [-0.3, -0.25) is 4.79 Å². The van der Waals surface area contributed by atoms with E-state index in [-0.39, 0.29) is 11.2 Å². The molecule has 1 saturated heterocycles. The quantitative estimate of drug-likeness (QED) is 0.635. The van der Waals surface area contributed by atoms with E-state index in [2.05, 4.69) is 26.1 Å². The van der Waals surface area contributed by atoms with Gasteiger partial charge in [-0.15, -0.1) is 10.2 Å². The van der Waals surface area contributed by atoms with Gasteiger partial charge in [0.2, 0.25) is 11.1 Å². The Balaban J connectivity index is 1.77. The minimum absolute atomic E-state index is 0.137. The molecule has 1 unspecified atom stereocenters. The van der Waals surface area contributed by atoms with Gasteiger partial charge in [-0.2, -0.15) is 0 Å². The molecule has 1 amide bonds. The Morgan fingerprint density at radius 2 is 2.00 bits per heavy atom. The zero-order valence-electron chi connectivity index (χ0n) is 12.8. The van der Waals surface area contributed by atoms with E-state index in [1.54, 1.807) is 0 Å². The lowest BCUT2D eigenvalue weighted by Gasteiger charge is -2.19. The van der Waals surface area contributed by atoms with Gasteiger partial charge in [0.05, 0.1) is 5.25 Å². The van der Waals surface area contributed by atoms with Crippen LogP contribution in [0.25, 0.3) is 11.4 Å². The van der Waals surface area contributed by atoms with Crippen molar-refractivity contribution in [2.75, 3.05) is 18.9 Å². The molecule has 1 fully saturated rings. The molecule has 0 spiro atoms.